The summed E-state index contributed by atoms with van der Waals surface area (Å²) >= 11 is 0. The van der Waals surface area contributed by atoms with E-state index in [9.17, 15) is 0 Å². The van der Waals surface area contributed by atoms with Gasteiger partial charge in [-0.1, -0.05) is 39.0 Å². The van der Waals surface area contributed by atoms with Crippen molar-refractivity contribution in [3.8, 4) is 0 Å². The molecule has 0 aliphatic rings. The van der Waals surface area contributed by atoms with Gasteiger partial charge in [0.25, 0.3) is 0 Å². The highest BCUT2D eigenvalue weighted by atomic mass is 16.5. The zero-order valence-electron chi connectivity index (χ0n) is 10.7. The standard InChI is InChI=1S/C13H28O/c1-6-7-8-9-10-11-12(2)14-13(3,4)5/h12H,6-11H2,1-5H3. The minimum Gasteiger partial charge on any atom is -0.373 e. The second kappa shape index (κ2) is 7.28. The Labute approximate surface area is 90.2 Å². The van der Waals surface area contributed by atoms with Crippen molar-refractivity contribution in [3.63, 3.8) is 0 Å². The second-order valence-electron chi connectivity index (χ2n) is 5.24. The highest BCUT2D eigenvalue weighted by Gasteiger charge is 2.14. The molecule has 0 aromatic carbocycles. The highest BCUT2D eigenvalue weighted by molar-refractivity contribution is 4.63. The van der Waals surface area contributed by atoms with E-state index in [1.165, 1.54) is 38.5 Å². The second-order valence-corrected chi connectivity index (χ2v) is 5.24. The first-order chi connectivity index (χ1) is 6.45. The highest BCUT2D eigenvalue weighted by Crippen LogP contribution is 2.15. The molecule has 0 saturated carbocycles. The number of ether oxygens (including phenoxy) is 1. The average molecular weight is 200 g/mol. The van der Waals surface area contributed by atoms with Gasteiger partial charge in [-0.05, 0) is 34.1 Å². The molecule has 0 amide bonds. The van der Waals surface area contributed by atoms with Gasteiger partial charge in [-0.25, -0.2) is 0 Å². The average Bonchev–Trinajstić information content (AvgIpc) is 2.00. The predicted octanol–water partition coefficient (Wildman–Crippen LogP) is 4.55. The summed E-state index contributed by atoms with van der Waals surface area (Å²) in [5.41, 5.74) is 0.0167. The predicted molar refractivity (Wildman–Crippen MR) is 63.7 cm³/mol. The summed E-state index contributed by atoms with van der Waals surface area (Å²) in [5.74, 6) is 0. The first kappa shape index (κ1) is 14.0. The van der Waals surface area contributed by atoms with Crippen LogP contribution in [0.2, 0.25) is 0 Å². The van der Waals surface area contributed by atoms with Gasteiger partial charge in [-0.2, -0.15) is 0 Å². The van der Waals surface area contributed by atoms with Gasteiger partial charge in [-0.3, -0.25) is 0 Å². The molecule has 0 N–H and O–H groups in total. The lowest BCUT2D eigenvalue weighted by Crippen LogP contribution is -2.25. The van der Waals surface area contributed by atoms with Crippen molar-refractivity contribution in [2.45, 2.75) is 84.8 Å². The number of hydrogen-bond acceptors (Lipinski definition) is 1. The van der Waals surface area contributed by atoms with Gasteiger partial charge in [-0.15, -0.1) is 0 Å². The molecule has 86 valence electrons. The first-order valence-electron chi connectivity index (χ1n) is 6.13. The van der Waals surface area contributed by atoms with E-state index in [-0.39, 0.29) is 5.60 Å². The molecule has 0 rings (SSSR count). The van der Waals surface area contributed by atoms with Crippen LogP contribution >= 0.6 is 0 Å². The van der Waals surface area contributed by atoms with Gasteiger partial charge in [0.2, 0.25) is 0 Å². The van der Waals surface area contributed by atoms with E-state index in [4.69, 9.17) is 4.74 Å². The Balaban J connectivity index is 3.31. The molecule has 0 spiro atoms. The fourth-order valence-electron chi connectivity index (χ4n) is 1.70. The van der Waals surface area contributed by atoms with Crippen LogP contribution in [0.3, 0.4) is 0 Å². The fraction of sp³-hybridized carbons (Fsp3) is 1.00. The summed E-state index contributed by atoms with van der Waals surface area (Å²) < 4.78 is 5.84. The summed E-state index contributed by atoms with van der Waals surface area (Å²) in [5, 5.41) is 0. The molecule has 0 aromatic rings. The van der Waals surface area contributed by atoms with Gasteiger partial charge in [0.1, 0.15) is 0 Å². The zero-order valence-corrected chi connectivity index (χ0v) is 10.7. The van der Waals surface area contributed by atoms with Crippen LogP contribution in [0.1, 0.15) is 73.1 Å². The van der Waals surface area contributed by atoms with Crippen molar-refractivity contribution in [2.75, 3.05) is 0 Å². The molecule has 0 radical (unpaired) electrons. The Morgan fingerprint density at radius 3 is 2.07 bits per heavy atom. The SMILES string of the molecule is CCCCCCCC(C)OC(C)(C)C. The minimum atomic E-state index is 0.0167. The lowest BCUT2D eigenvalue weighted by Gasteiger charge is -2.25. The molecule has 0 fully saturated rings. The largest absolute Gasteiger partial charge is 0.373 e. The van der Waals surface area contributed by atoms with Crippen molar-refractivity contribution >= 4 is 0 Å². The first-order valence-corrected chi connectivity index (χ1v) is 6.13. The van der Waals surface area contributed by atoms with Gasteiger partial charge in [0.15, 0.2) is 0 Å². The Morgan fingerprint density at radius 2 is 1.57 bits per heavy atom. The van der Waals surface area contributed by atoms with Gasteiger partial charge in [0, 0.05) is 0 Å². The number of unbranched alkanes of at least 4 members (excludes halogenated alkanes) is 4. The third kappa shape index (κ3) is 10.0. The molecule has 1 heteroatoms. The molecule has 1 unspecified atom stereocenters. The molecule has 0 aromatic heterocycles. The number of hydrogen-bond donors (Lipinski definition) is 0. The molecular formula is C13H28O. The third-order valence-corrected chi connectivity index (χ3v) is 2.27. The molecule has 0 saturated heterocycles. The molecule has 14 heavy (non-hydrogen) atoms. The van der Waals surface area contributed by atoms with Gasteiger partial charge < -0.3 is 4.74 Å². The summed E-state index contributed by atoms with van der Waals surface area (Å²) in [6.07, 6.45) is 8.40. The van der Waals surface area contributed by atoms with Crippen LogP contribution < -0.4 is 0 Å². The lowest BCUT2D eigenvalue weighted by molar-refractivity contribution is -0.0549. The minimum absolute atomic E-state index is 0.0167. The molecule has 1 nitrogen and oxygen atoms in total. The molecule has 0 aliphatic heterocycles. The Kier molecular flexibility index (Phi) is 7.26. The topological polar surface area (TPSA) is 9.23 Å². The Bertz CT molecular complexity index is 124. The van der Waals surface area contributed by atoms with E-state index < -0.39 is 0 Å². The van der Waals surface area contributed by atoms with Crippen LogP contribution in [0.25, 0.3) is 0 Å². The lowest BCUT2D eigenvalue weighted by atomic mass is 10.1. The van der Waals surface area contributed by atoms with E-state index in [1.54, 1.807) is 0 Å². The Hall–Kier alpha value is -0.0400. The van der Waals surface area contributed by atoms with Crippen LogP contribution in [-0.4, -0.2) is 11.7 Å². The summed E-state index contributed by atoms with van der Waals surface area (Å²) in [7, 11) is 0. The zero-order chi connectivity index (χ0) is 11.0. The summed E-state index contributed by atoms with van der Waals surface area (Å²) in [6.45, 7) is 10.8. The Morgan fingerprint density at radius 1 is 1.00 bits per heavy atom. The maximum atomic E-state index is 5.84. The van der Waals surface area contributed by atoms with E-state index >= 15 is 0 Å². The summed E-state index contributed by atoms with van der Waals surface area (Å²) in [4.78, 5) is 0. The van der Waals surface area contributed by atoms with E-state index in [1.807, 2.05) is 0 Å². The van der Waals surface area contributed by atoms with Crippen LogP contribution in [0, 0.1) is 0 Å². The number of rotatable bonds is 7. The quantitative estimate of drug-likeness (QED) is 0.548. The van der Waals surface area contributed by atoms with Crippen LogP contribution in [0.4, 0.5) is 0 Å². The molecule has 0 aliphatic carbocycles. The third-order valence-electron chi connectivity index (χ3n) is 2.27. The van der Waals surface area contributed by atoms with Crippen LogP contribution in [0.5, 0.6) is 0 Å². The summed E-state index contributed by atoms with van der Waals surface area (Å²) in [6, 6.07) is 0. The maximum absolute atomic E-state index is 5.84. The van der Waals surface area contributed by atoms with Crippen molar-refractivity contribution < 1.29 is 4.74 Å². The van der Waals surface area contributed by atoms with Crippen molar-refractivity contribution in [2.24, 2.45) is 0 Å². The van der Waals surface area contributed by atoms with E-state index in [0.717, 1.165) is 0 Å². The van der Waals surface area contributed by atoms with Gasteiger partial charge >= 0.3 is 0 Å². The molecular weight excluding hydrogens is 172 g/mol. The molecule has 0 heterocycles. The van der Waals surface area contributed by atoms with Crippen molar-refractivity contribution in [1.82, 2.24) is 0 Å². The van der Waals surface area contributed by atoms with E-state index in [2.05, 4.69) is 34.6 Å². The smallest absolute Gasteiger partial charge is 0.0602 e. The molecule has 0 bridgehead atoms. The maximum Gasteiger partial charge on any atom is 0.0602 e. The van der Waals surface area contributed by atoms with E-state index in [0.29, 0.717) is 6.10 Å². The van der Waals surface area contributed by atoms with Crippen molar-refractivity contribution in [1.29, 1.82) is 0 Å². The van der Waals surface area contributed by atoms with Crippen LogP contribution in [0.15, 0.2) is 0 Å². The van der Waals surface area contributed by atoms with Crippen molar-refractivity contribution in [3.05, 3.63) is 0 Å². The monoisotopic (exact) mass is 200 g/mol. The fourth-order valence-corrected chi connectivity index (χ4v) is 1.70. The van der Waals surface area contributed by atoms with Gasteiger partial charge in [0.05, 0.1) is 11.7 Å². The normalized spacial score (nSPS) is 14.4. The molecule has 1 atom stereocenters. The van der Waals surface area contributed by atoms with Crippen LogP contribution in [-0.2, 0) is 4.74 Å².